The van der Waals surface area contributed by atoms with Crippen molar-refractivity contribution in [3.63, 3.8) is 0 Å². The van der Waals surface area contributed by atoms with Gasteiger partial charge < -0.3 is 14.8 Å². The molecule has 0 aliphatic carbocycles. The van der Waals surface area contributed by atoms with Gasteiger partial charge in [0.25, 0.3) is 5.91 Å². The maximum Gasteiger partial charge on any atom is 0.266 e. The summed E-state index contributed by atoms with van der Waals surface area (Å²) in [6, 6.07) is 19.7. The van der Waals surface area contributed by atoms with Gasteiger partial charge in [0, 0.05) is 20.7 Å². The zero-order chi connectivity index (χ0) is 23.1. The first kappa shape index (κ1) is 23.9. The van der Waals surface area contributed by atoms with Gasteiger partial charge in [-0.1, -0.05) is 39.7 Å². The molecule has 3 aromatic carbocycles. The summed E-state index contributed by atoms with van der Waals surface area (Å²) in [6.07, 6.45) is 1.49. The Morgan fingerprint density at radius 3 is 2.56 bits per heavy atom. The van der Waals surface area contributed by atoms with Crippen molar-refractivity contribution in [2.24, 2.45) is 0 Å². The molecule has 0 radical (unpaired) electrons. The number of halogens is 3. The molecule has 3 aromatic rings. The van der Waals surface area contributed by atoms with E-state index in [4.69, 9.17) is 21.1 Å². The van der Waals surface area contributed by atoms with Gasteiger partial charge in [0.2, 0.25) is 0 Å². The second-order valence-corrected chi connectivity index (χ2v) is 8.78. The summed E-state index contributed by atoms with van der Waals surface area (Å²) in [4.78, 5) is 12.7. The Kier molecular flexibility index (Phi) is 8.34. The highest BCUT2D eigenvalue weighted by Crippen LogP contribution is 2.35. The van der Waals surface area contributed by atoms with Crippen LogP contribution in [0.15, 0.2) is 75.2 Å². The monoisotopic (exact) mass is 574 g/mol. The molecule has 0 unspecified atom stereocenters. The first-order valence-electron chi connectivity index (χ1n) is 9.33. The lowest BCUT2D eigenvalue weighted by molar-refractivity contribution is -0.112. The lowest BCUT2D eigenvalue weighted by Crippen LogP contribution is -2.13. The number of nitriles is 1. The molecule has 1 N–H and O–H groups in total. The van der Waals surface area contributed by atoms with Crippen molar-refractivity contribution in [1.82, 2.24) is 0 Å². The van der Waals surface area contributed by atoms with Crippen LogP contribution in [0.3, 0.4) is 0 Å². The molecule has 0 saturated heterocycles. The van der Waals surface area contributed by atoms with Gasteiger partial charge in [-0.05, 0) is 76.1 Å². The molecule has 0 atom stereocenters. The van der Waals surface area contributed by atoms with Crippen LogP contribution in [0.2, 0.25) is 5.02 Å². The van der Waals surface area contributed by atoms with Gasteiger partial charge in [-0.25, -0.2) is 0 Å². The number of amides is 1. The molecule has 1 amide bonds. The van der Waals surface area contributed by atoms with Gasteiger partial charge in [-0.3, -0.25) is 4.79 Å². The summed E-state index contributed by atoms with van der Waals surface area (Å²) in [7, 11) is 1.56. The minimum atomic E-state index is -0.533. The van der Waals surface area contributed by atoms with E-state index in [1.54, 1.807) is 43.5 Å². The van der Waals surface area contributed by atoms with Crippen molar-refractivity contribution in [2.45, 2.75) is 6.61 Å². The van der Waals surface area contributed by atoms with Crippen LogP contribution in [0.4, 0.5) is 5.69 Å². The third-order valence-electron chi connectivity index (χ3n) is 4.32. The van der Waals surface area contributed by atoms with E-state index in [0.29, 0.717) is 32.2 Å². The molecule has 32 heavy (non-hydrogen) atoms. The molecule has 5 nitrogen and oxygen atoms in total. The molecule has 0 heterocycles. The summed E-state index contributed by atoms with van der Waals surface area (Å²) in [6.45, 7) is 0.265. The molecular weight excluding hydrogens is 560 g/mol. The first-order chi connectivity index (χ1) is 15.4. The number of nitrogens with one attached hydrogen (secondary N) is 1. The molecule has 0 aliphatic heterocycles. The smallest absolute Gasteiger partial charge is 0.266 e. The standard InChI is InChI=1S/C24H17Br2ClN2O3/c1-31-21-7-5-20(6-8-21)29-24(30)17(13-28)10-16-11-18(25)12-22(26)23(16)32-14-15-3-2-4-19(27)9-15/h2-12H,14H2,1H3,(H,29,30)/b17-10+. The highest BCUT2D eigenvalue weighted by Gasteiger charge is 2.15. The van der Waals surface area contributed by atoms with Crippen molar-refractivity contribution in [3.05, 3.63) is 91.3 Å². The summed E-state index contributed by atoms with van der Waals surface area (Å²) < 4.78 is 12.6. The van der Waals surface area contributed by atoms with Crippen molar-refractivity contribution < 1.29 is 14.3 Å². The normalized spacial score (nSPS) is 10.9. The number of hydrogen-bond donors (Lipinski definition) is 1. The quantitative estimate of drug-likeness (QED) is 0.243. The average Bonchev–Trinajstić information content (AvgIpc) is 2.77. The van der Waals surface area contributed by atoms with E-state index in [1.165, 1.54) is 6.08 Å². The van der Waals surface area contributed by atoms with Gasteiger partial charge in [0.15, 0.2) is 0 Å². The fourth-order valence-electron chi connectivity index (χ4n) is 2.80. The Balaban J connectivity index is 1.86. The van der Waals surface area contributed by atoms with Crippen molar-refractivity contribution >= 4 is 61.1 Å². The van der Waals surface area contributed by atoms with E-state index in [0.717, 1.165) is 10.0 Å². The number of ether oxygens (including phenoxy) is 2. The lowest BCUT2D eigenvalue weighted by atomic mass is 10.1. The highest BCUT2D eigenvalue weighted by molar-refractivity contribution is 9.11. The number of rotatable bonds is 7. The van der Waals surface area contributed by atoms with Crippen LogP contribution < -0.4 is 14.8 Å². The van der Waals surface area contributed by atoms with E-state index in [2.05, 4.69) is 37.2 Å². The van der Waals surface area contributed by atoms with E-state index in [1.807, 2.05) is 30.3 Å². The number of benzene rings is 3. The average molecular weight is 577 g/mol. The van der Waals surface area contributed by atoms with E-state index in [9.17, 15) is 10.1 Å². The zero-order valence-electron chi connectivity index (χ0n) is 16.9. The number of carbonyl (C=O) groups excluding carboxylic acids is 1. The molecule has 0 spiro atoms. The Morgan fingerprint density at radius 2 is 1.91 bits per heavy atom. The molecule has 0 aromatic heterocycles. The molecule has 0 saturated carbocycles. The number of hydrogen-bond acceptors (Lipinski definition) is 4. The second-order valence-electron chi connectivity index (χ2n) is 6.58. The summed E-state index contributed by atoms with van der Waals surface area (Å²) in [5.41, 5.74) is 1.93. The second kappa shape index (κ2) is 11.2. The van der Waals surface area contributed by atoms with Crippen LogP contribution in [0, 0.1) is 11.3 Å². The van der Waals surface area contributed by atoms with Crippen molar-refractivity contribution in [1.29, 1.82) is 5.26 Å². The summed E-state index contributed by atoms with van der Waals surface area (Å²) in [5, 5.41) is 12.9. The third-order valence-corrected chi connectivity index (χ3v) is 5.60. The maximum atomic E-state index is 12.7. The molecule has 0 aliphatic rings. The van der Waals surface area contributed by atoms with Crippen molar-refractivity contribution in [2.75, 3.05) is 12.4 Å². The third kappa shape index (κ3) is 6.36. The Bertz CT molecular complexity index is 1200. The number of methoxy groups -OCH3 is 1. The largest absolute Gasteiger partial charge is 0.497 e. The van der Waals surface area contributed by atoms with Crippen LogP contribution in [-0.4, -0.2) is 13.0 Å². The SMILES string of the molecule is COc1ccc(NC(=O)/C(C#N)=C/c2cc(Br)cc(Br)c2OCc2cccc(Cl)c2)cc1. The summed E-state index contributed by atoms with van der Waals surface area (Å²) >= 11 is 13.0. The molecule has 3 rings (SSSR count). The van der Waals surface area contributed by atoms with E-state index < -0.39 is 5.91 Å². The van der Waals surface area contributed by atoms with Crippen LogP contribution >= 0.6 is 43.5 Å². The molecular formula is C24H17Br2ClN2O3. The van der Waals surface area contributed by atoms with E-state index >= 15 is 0 Å². The Labute approximate surface area is 207 Å². The molecule has 0 fully saturated rings. The highest BCUT2D eigenvalue weighted by atomic mass is 79.9. The van der Waals surface area contributed by atoms with Gasteiger partial charge in [0.1, 0.15) is 29.7 Å². The minimum Gasteiger partial charge on any atom is -0.497 e. The predicted octanol–water partition coefficient (Wildman–Crippen LogP) is 7.00. The molecule has 8 heteroatoms. The van der Waals surface area contributed by atoms with Crippen LogP contribution in [-0.2, 0) is 11.4 Å². The topological polar surface area (TPSA) is 71.3 Å². The Morgan fingerprint density at radius 1 is 1.16 bits per heavy atom. The number of anilines is 1. The van der Waals surface area contributed by atoms with Gasteiger partial charge >= 0.3 is 0 Å². The zero-order valence-corrected chi connectivity index (χ0v) is 20.8. The molecule has 0 bridgehead atoms. The van der Waals surface area contributed by atoms with Gasteiger partial charge in [-0.2, -0.15) is 5.26 Å². The predicted molar refractivity (Wildman–Crippen MR) is 133 cm³/mol. The fraction of sp³-hybridized carbons (Fsp3) is 0.0833. The number of nitrogens with zero attached hydrogens (tertiary/aromatic N) is 1. The fourth-order valence-corrected chi connectivity index (χ4v) is 4.38. The van der Waals surface area contributed by atoms with Crippen LogP contribution in [0.25, 0.3) is 6.08 Å². The van der Waals surface area contributed by atoms with Crippen molar-refractivity contribution in [3.8, 4) is 17.6 Å². The maximum absolute atomic E-state index is 12.7. The van der Waals surface area contributed by atoms with Gasteiger partial charge in [-0.15, -0.1) is 0 Å². The first-order valence-corrected chi connectivity index (χ1v) is 11.3. The van der Waals surface area contributed by atoms with Crippen LogP contribution in [0.1, 0.15) is 11.1 Å². The Hall–Kier alpha value is -2.79. The molecule has 162 valence electrons. The summed E-state index contributed by atoms with van der Waals surface area (Å²) in [5.74, 6) is 0.632. The lowest BCUT2D eigenvalue weighted by Gasteiger charge is -2.13. The van der Waals surface area contributed by atoms with Crippen LogP contribution in [0.5, 0.6) is 11.5 Å². The number of carbonyl (C=O) groups is 1. The minimum absolute atomic E-state index is 0.0709. The van der Waals surface area contributed by atoms with Gasteiger partial charge in [0.05, 0.1) is 11.6 Å². The van der Waals surface area contributed by atoms with E-state index in [-0.39, 0.29) is 12.2 Å².